The maximum atomic E-state index is 12.5. The van der Waals surface area contributed by atoms with Crippen LogP contribution >= 0.6 is 11.8 Å². The molecule has 0 bridgehead atoms. The normalized spacial score (nSPS) is 17.0. The van der Waals surface area contributed by atoms with E-state index in [0.717, 1.165) is 27.9 Å². The van der Waals surface area contributed by atoms with Crippen molar-refractivity contribution in [3.63, 3.8) is 0 Å². The van der Waals surface area contributed by atoms with Gasteiger partial charge in [-0.15, -0.1) is 0 Å². The summed E-state index contributed by atoms with van der Waals surface area (Å²) in [4.78, 5) is 36.0. The second-order valence-corrected chi connectivity index (χ2v) is 6.68. The summed E-state index contributed by atoms with van der Waals surface area (Å²) in [5.74, 6) is -0.324. The fourth-order valence-electron chi connectivity index (χ4n) is 2.47. The quantitative estimate of drug-likeness (QED) is 0.650. The summed E-state index contributed by atoms with van der Waals surface area (Å²) in [6, 6.07) is 13.4. The highest BCUT2D eigenvalue weighted by Crippen LogP contribution is 2.30. The number of nitro groups is 1. The molecule has 8 heteroatoms. The number of hydrogen-bond donors (Lipinski definition) is 1. The number of rotatable bonds is 5. The molecule has 2 aromatic carbocycles. The molecule has 1 heterocycles. The van der Waals surface area contributed by atoms with E-state index >= 15 is 0 Å². The first-order chi connectivity index (χ1) is 11.9. The van der Waals surface area contributed by atoms with Crippen molar-refractivity contribution in [1.29, 1.82) is 0 Å². The van der Waals surface area contributed by atoms with Gasteiger partial charge in [-0.2, -0.15) is 0 Å². The monoisotopic (exact) mass is 357 g/mol. The van der Waals surface area contributed by atoms with Crippen LogP contribution in [0.5, 0.6) is 0 Å². The van der Waals surface area contributed by atoms with E-state index in [-0.39, 0.29) is 23.4 Å². The highest BCUT2D eigenvalue weighted by atomic mass is 32.2. The van der Waals surface area contributed by atoms with Crippen molar-refractivity contribution in [3.05, 3.63) is 69.8 Å². The van der Waals surface area contributed by atoms with Crippen molar-refractivity contribution in [2.45, 2.75) is 18.8 Å². The predicted octanol–water partition coefficient (Wildman–Crippen LogP) is 3.54. The Balaban J connectivity index is 1.69. The number of amides is 2. The molecular weight excluding hydrogens is 342 g/mol. The molecule has 1 aliphatic heterocycles. The van der Waals surface area contributed by atoms with Gasteiger partial charge >= 0.3 is 0 Å². The third kappa shape index (κ3) is 3.80. The van der Waals surface area contributed by atoms with Gasteiger partial charge in [-0.25, -0.2) is 0 Å². The van der Waals surface area contributed by atoms with Gasteiger partial charge in [-0.05, 0) is 41.9 Å². The summed E-state index contributed by atoms with van der Waals surface area (Å²) < 4.78 is 0. The molecule has 1 atom stereocenters. The average molecular weight is 357 g/mol. The lowest BCUT2D eigenvalue weighted by Crippen LogP contribution is -2.33. The Bertz CT molecular complexity index is 838. The molecule has 0 spiro atoms. The second kappa shape index (κ2) is 6.94. The van der Waals surface area contributed by atoms with Gasteiger partial charge in [0.05, 0.1) is 11.5 Å². The molecule has 1 aliphatic rings. The van der Waals surface area contributed by atoms with Crippen LogP contribution in [0.3, 0.4) is 0 Å². The number of nitro benzene ring substituents is 1. The zero-order valence-electron chi connectivity index (χ0n) is 13.3. The maximum Gasteiger partial charge on any atom is 0.291 e. The lowest BCUT2D eigenvalue weighted by Gasteiger charge is -2.15. The van der Waals surface area contributed by atoms with Gasteiger partial charge in [0.1, 0.15) is 0 Å². The predicted molar refractivity (Wildman–Crippen MR) is 95.2 cm³/mol. The van der Waals surface area contributed by atoms with Gasteiger partial charge < -0.3 is 5.32 Å². The first kappa shape index (κ1) is 17.0. The molecular formula is C17H15N3O4S. The summed E-state index contributed by atoms with van der Waals surface area (Å²) in [6.45, 7) is 2.04. The van der Waals surface area contributed by atoms with Crippen LogP contribution in [0.15, 0.2) is 48.5 Å². The fourth-order valence-corrected chi connectivity index (χ4v) is 3.38. The van der Waals surface area contributed by atoms with Crippen molar-refractivity contribution in [3.8, 4) is 0 Å². The van der Waals surface area contributed by atoms with Gasteiger partial charge in [0.25, 0.3) is 16.8 Å². The van der Waals surface area contributed by atoms with E-state index < -0.39 is 10.3 Å². The molecule has 0 radical (unpaired) electrons. The molecule has 1 N–H and O–H groups in total. The summed E-state index contributed by atoms with van der Waals surface area (Å²) in [6.07, 6.45) is 0. The van der Waals surface area contributed by atoms with E-state index in [1.165, 1.54) is 12.1 Å². The standard InChI is InChI=1S/C17H15N3O4S/c1-11-3-2-4-13(9-11)18-15-16(21)19(17(22)25-15)10-12-5-7-14(8-6-12)20(23)24/h2-9,15,18H,10H2,1H3/t15-/m0/s1. The number of nitrogens with zero attached hydrogens (tertiary/aromatic N) is 2. The van der Waals surface area contributed by atoms with E-state index in [2.05, 4.69) is 5.32 Å². The molecule has 0 saturated carbocycles. The smallest absolute Gasteiger partial charge is 0.291 e. The zero-order valence-corrected chi connectivity index (χ0v) is 14.2. The number of thioether (sulfide) groups is 1. The highest BCUT2D eigenvalue weighted by Gasteiger charge is 2.39. The van der Waals surface area contributed by atoms with Gasteiger partial charge in [-0.1, -0.05) is 24.3 Å². The number of anilines is 1. The minimum Gasteiger partial charge on any atom is -0.365 e. The molecule has 7 nitrogen and oxygen atoms in total. The van der Waals surface area contributed by atoms with Crippen LogP contribution in [-0.2, 0) is 11.3 Å². The minimum atomic E-state index is -0.674. The van der Waals surface area contributed by atoms with E-state index in [4.69, 9.17) is 0 Å². The van der Waals surface area contributed by atoms with Crippen LogP contribution in [0.2, 0.25) is 0 Å². The molecule has 1 fully saturated rings. The summed E-state index contributed by atoms with van der Waals surface area (Å²) in [7, 11) is 0. The number of aryl methyl sites for hydroxylation is 1. The SMILES string of the molecule is Cc1cccc(N[C@H]2SC(=O)N(Cc3ccc([N+](=O)[O-])cc3)C2=O)c1. The van der Waals surface area contributed by atoms with Crippen LogP contribution in [-0.4, -0.2) is 26.3 Å². The van der Waals surface area contributed by atoms with Crippen LogP contribution < -0.4 is 5.32 Å². The third-order valence-electron chi connectivity index (χ3n) is 3.73. The largest absolute Gasteiger partial charge is 0.365 e. The topological polar surface area (TPSA) is 92.6 Å². The van der Waals surface area contributed by atoms with Crippen molar-refractivity contribution < 1.29 is 14.5 Å². The average Bonchev–Trinajstić information content (AvgIpc) is 2.83. The fraction of sp³-hybridized carbons (Fsp3) is 0.176. The first-order valence-electron chi connectivity index (χ1n) is 7.52. The van der Waals surface area contributed by atoms with Crippen LogP contribution in [0, 0.1) is 17.0 Å². The zero-order chi connectivity index (χ0) is 18.0. The Labute approximate surface area is 148 Å². The molecule has 2 amide bonds. The van der Waals surface area contributed by atoms with Crippen LogP contribution in [0.4, 0.5) is 16.2 Å². The van der Waals surface area contributed by atoms with E-state index in [1.54, 1.807) is 12.1 Å². The highest BCUT2D eigenvalue weighted by molar-refractivity contribution is 8.15. The summed E-state index contributed by atoms with van der Waals surface area (Å²) in [5, 5.41) is 12.7. The number of imide groups is 1. The molecule has 0 aliphatic carbocycles. The van der Waals surface area contributed by atoms with Crippen molar-refractivity contribution in [2.75, 3.05) is 5.32 Å². The van der Waals surface area contributed by atoms with E-state index in [0.29, 0.717) is 5.56 Å². The van der Waals surface area contributed by atoms with Crippen molar-refractivity contribution in [2.24, 2.45) is 0 Å². The van der Waals surface area contributed by atoms with Gasteiger partial charge in [0, 0.05) is 17.8 Å². The third-order valence-corrected chi connectivity index (χ3v) is 4.71. The molecule has 2 aromatic rings. The Morgan fingerprint density at radius 3 is 2.56 bits per heavy atom. The first-order valence-corrected chi connectivity index (χ1v) is 8.40. The van der Waals surface area contributed by atoms with Crippen molar-refractivity contribution in [1.82, 2.24) is 4.90 Å². The molecule has 25 heavy (non-hydrogen) atoms. The maximum absolute atomic E-state index is 12.5. The Hall–Kier alpha value is -2.87. The molecule has 1 saturated heterocycles. The second-order valence-electron chi connectivity index (χ2n) is 5.63. The van der Waals surface area contributed by atoms with Crippen LogP contribution in [0.1, 0.15) is 11.1 Å². The summed E-state index contributed by atoms with van der Waals surface area (Å²) >= 11 is 0.928. The Kier molecular flexibility index (Phi) is 4.71. The van der Waals surface area contributed by atoms with E-state index in [9.17, 15) is 19.7 Å². The van der Waals surface area contributed by atoms with Gasteiger partial charge in [-0.3, -0.25) is 24.6 Å². The van der Waals surface area contributed by atoms with Gasteiger partial charge in [0.2, 0.25) is 0 Å². The Morgan fingerprint density at radius 2 is 1.92 bits per heavy atom. The number of benzene rings is 2. The number of hydrogen-bond acceptors (Lipinski definition) is 6. The molecule has 0 aromatic heterocycles. The molecule has 128 valence electrons. The molecule has 0 unspecified atom stereocenters. The summed E-state index contributed by atoms with van der Waals surface area (Å²) in [5.41, 5.74) is 2.45. The van der Waals surface area contributed by atoms with E-state index in [1.807, 2.05) is 31.2 Å². The lowest BCUT2D eigenvalue weighted by molar-refractivity contribution is -0.384. The number of non-ortho nitro benzene ring substituents is 1. The number of carbonyl (C=O) groups excluding carboxylic acids is 2. The van der Waals surface area contributed by atoms with Crippen LogP contribution in [0.25, 0.3) is 0 Å². The number of carbonyl (C=O) groups is 2. The molecule has 3 rings (SSSR count). The lowest BCUT2D eigenvalue weighted by atomic mass is 10.2. The Morgan fingerprint density at radius 1 is 1.20 bits per heavy atom. The van der Waals surface area contributed by atoms with Crippen molar-refractivity contribution >= 4 is 34.3 Å². The van der Waals surface area contributed by atoms with Gasteiger partial charge in [0.15, 0.2) is 5.37 Å². The minimum absolute atomic E-state index is 0.0313. The number of nitrogens with one attached hydrogen (secondary N) is 1.